The average Bonchev–Trinajstić information content (AvgIpc) is 2.78. The average molecular weight is 407 g/mol. The van der Waals surface area contributed by atoms with Gasteiger partial charge >= 0.3 is 0 Å². The maximum absolute atomic E-state index is 14.7. The normalized spacial score (nSPS) is 11.1. The van der Waals surface area contributed by atoms with Crippen molar-refractivity contribution < 1.29 is 13.9 Å². The summed E-state index contributed by atoms with van der Waals surface area (Å²) in [6, 6.07) is 14.0. The fourth-order valence-corrected chi connectivity index (χ4v) is 3.09. The van der Waals surface area contributed by atoms with E-state index in [9.17, 15) is 9.18 Å². The van der Waals surface area contributed by atoms with E-state index < -0.39 is 5.82 Å². The molecule has 3 rings (SSSR count). The number of hydrogen-bond acceptors (Lipinski definition) is 3. The Kier molecular flexibility index (Phi) is 7.95. The van der Waals surface area contributed by atoms with Crippen LogP contribution in [0.25, 0.3) is 10.9 Å². The summed E-state index contributed by atoms with van der Waals surface area (Å²) < 4.78 is 20.3. The van der Waals surface area contributed by atoms with Gasteiger partial charge in [-0.1, -0.05) is 50.1 Å². The fourth-order valence-electron chi connectivity index (χ4n) is 3.09. The predicted molar refractivity (Wildman–Crippen MR) is 118 cm³/mol. The Morgan fingerprint density at radius 3 is 2.87 bits per heavy atom. The molecule has 2 aromatic carbocycles. The summed E-state index contributed by atoms with van der Waals surface area (Å²) in [7, 11) is 0. The van der Waals surface area contributed by atoms with Gasteiger partial charge in [0.1, 0.15) is 0 Å². The van der Waals surface area contributed by atoms with Crippen molar-refractivity contribution >= 4 is 16.8 Å². The third-order valence-electron chi connectivity index (χ3n) is 4.78. The lowest BCUT2D eigenvalue weighted by molar-refractivity contribution is 0.0950. The van der Waals surface area contributed by atoms with Gasteiger partial charge in [-0.25, -0.2) is 4.39 Å². The first-order valence-electron chi connectivity index (χ1n) is 10.4. The van der Waals surface area contributed by atoms with Crippen LogP contribution in [0.5, 0.6) is 5.75 Å². The first kappa shape index (κ1) is 21.5. The number of unbranched alkanes of at least 4 members (excludes halogenated alkanes) is 2. The minimum absolute atomic E-state index is 0.0872. The van der Waals surface area contributed by atoms with Crippen LogP contribution in [0.4, 0.5) is 4.39 Å². The van der Waals surface area contributed by atoms with E-state index in [1.165, 1.54) is 12.8 Å². The number of benzene rings is 2. The highest BCUT2D eigenvalue weighted by Crippen LogP contribution is 2.21. The molecule has 1 heterocycles. The highest BCUT2D eigenvalue weighted by Gasteiger charge is 2.12. The number of rotatable bonds is 10. The Labute approximate surface area is 176 Å². The third-order valence-corrected chi connectivity index (χ3v) is 4.78. The van der Waals surface area contributed by atoms with Crippen molar-refractivity contribution in [1.82, 2.24) is 10.3 Å². The molecule has 0 aliphatic carbocycles. The molecule has 3 aromatic rings. The van der Waals surface area contributed by atoms with Gasteiger partial charge in [0.15, 0.2) is 11.6 Å². The van der Waals surface area contributed by atoms with Gasteiger partial charge in [0, 0.05) is 29.3 Å². The number of carbonyl (C=O) groups is 1. The molecule has 5 heteroatoms. The number of hydrogen-bond donors (Lipinski definition) is 1. The zero-order valence-corrected chi connectivity index (χ0v) is 17.2. The predicted octanol–water partition coefficient (Wildman–Crippen LogP) is 5.82. The maximum atomic E-state index is 14.7. The molecule has 0 radical (unpaired) electrons. The van der Waals surface area contributed by atoms with Gasteiger partial charge in [-0.15, -0.1) is 0 Å². The summed E-state index contributed by atoms with van der Waals surface area (Å²) >= 11 is 0. The zero-order valence-electron chi connectivity index (χ0n) is 17.2. The summed E-state index contributed by atoms with van der Waals surface area (Å²) in [5.74, 6) is -0.486. The van der Waals surface area contributed by atoms with Gasteiger partial charge in [0.2, 0.25) is 0 Å². The monoisotopic (exact) mass is 406 g/mol. The number of nitrogens with one attached hydrogen (secondary N) is 1. The number of pyridine rings is 1. The van der Waals surface area contributed by atoms with Crippen LogP contribution < -0.4 is 10.1 Å². The molecule has 30 heavy (non-hydrogen) atoms. The molecule has 0 aliphatic rings. The molecule has 0 saturated heterocycles. The van der Waals surface area contributed by atoms with Gasteiger partial charge in [0.25, 0.3) is 5.91 Å². The van der Waals surface area contributed by atoms with E-state index in [1.54, 1.807) is 42.6 Å². The highest BCUT2D eigenvalue weighted by molar-refractivity contribution is 5.97. The molecular formula is C25H27FN2O2. The van der Waals surface area contributed by atoms with Gasteiger partial charge in [-0.2, -0.15) is 0 Å². The quantitative estimate of drug-likeness (QED) is 0.341. The molecule has 1 amide bonds. The topological polar surface area (TPSA) is 51.2 Å². The molecule has 156 valence electrons. The number of carbonyl (C=O) groups excluding carboxylic acids is 1. The van der Waals surface area contributed by atoms with Crippen molar-refractivity contribution in [3.8, 4) is 5.75 Å². The van der Waals surface area contributed by atoms with Crippen LogP contribution in [0.1, 0.15) is 48.5 Å². The van der Waals surface area contributed by atoms with Crippen LogP contribution in [-0.4, -0.2) is 17.5 Å². The minimum Gasteiger partial charge on any atom is -0.490 e. The van der Waals surface area contributed by atoms with Gasteiger partial charge < -0.3 is 10.1 Å². The first-order valence-corrected chi connectivity index (χ1v) is 10.4. The lowest BCUT2D eigenvalue weighted by Gasteiger charge is -2.11. The van der Waals surface area contributed by atoms with Gasteiger partial charge in [-0.05, 0) is 43.2 Å². The van der Waals surface area contributed by atoms with E-state index in [4.69, 9.17) is 4.74 Å². The Hall–Kier alpha value is -3.21. The molecule has 1 N–H and O–H groups in total. The Balaban J connectivity index is 1.55. The maximum Gasteiger partial charge on any atom is 0.251 e. The van der Waals surface area contributed by atoms with E-state index in [0.29, 0.717) is 17.7 Å². The van der Waals surface area contributed by atoms with E-state index in [2.05, 4.69) is 29.4 Å². The number of allylic oxidation sites excluding steroid dienone is 1. The summed E-state index contributed by atoms with van der Waals surface area (Å²) in [5, 5.41) is 3.66. The van der Waals surface area contributed by atoms with Crippen molar-refractivity contribution in [3.63, 3.8) is 0 Å². The SMILES string of the molecule is CCCCC=CCCOc1cccc(CNC(=O)c2ccc3ncccc3c2)c1F. The standard InChI is InChI=1S/C25H27FN2O2/c1-2-3-4-5-6-7-16-30-23-12-8-10-21(24(23)26)18-28-25(29)20-13-14-22-19(17-20)11-9-15-27-22/h5-6,8-15,17H,2-4,7,16,18H2,1H3,(H,28,29). The number of fused-ring (bicyclic) bond motifs is 1. The van der Waals surface area contributed by atoms with E-state index in [1.807, 2.05) is 12.1 Å². The van der Waals surface area contributed by atoms with E-state index >= 15 is 0 Å². The Morgan fingerprint density at radius 1 is 1.13 bits per heavy atom. The van der Waals surface area contributed by atoms with Crippen molar-refractivity contribution in [2.75, 3.05) is 6.61 Å². The molecular weight excluding hydrogens is 379 g/mol. The van der Waals surface area contributed by atoms with Crippen LogP contribution in [0, 0.1) is 5.82 Å². The number of ether oxygens (including phenoxy) is 1. The van der Waals surface area contributed by atoms with Crippen LogP contribution >= 0.6 is 0 Å². The van der Waals surface area contributed by atoms with E-state index in [0.717, 1.165) is 23.7 Å². The second-order valence-corrected chi connectivity index (χ2v) is 7.07. The Morgan fingerprint density at radius 2 is 2.00 bits per heavy atom. The van der Waals surface area contributed by atoms with Gasteiger partial charge in [0.05, 0.1) is 12.1 Å². The summed E-state index contributed by atoms with van der Waals surface area (Å²) in [4.78, 5) is 16.7. The summed E-state index contributed by atoms with van der Waals surface area (Å²) in [6.45, 7) is 2.67. The summed E-state index contributed by atoms with van der Waals surface area (Å²) in [5.41, 5.74) is 1.73. The number of halogens is 1. The van der Waals surface area contributed by atoms with Crippen LogP contribution in [0.15, 0.2) is 66.9 Å². The van der Waals surface area contributed by atoms with E-state index in [-0.39, 0.29) is 18.2 Å². The minimum atomic E-state index is -0.435. The fraction of sp³-hybridized carbons (Fsp3) is 0.280. The molecule has 0 aliphatic heterocycles. The lowest BCUT2D eigenvalue weighted by Crippen LogP contribution is -2.23. The molecule has 1 aromatic heterocycles. The third kappa shape index (κ3) is 5.89. The van der Waals surface area contributed by atoms with Crippen molar-refractivity contribution in [3.05, 3.63) is 83.8 Å². The van der Waals surface area contributed by atoms with Crippen LogP contribution in [0.3, 0.4) is 0 Å². The molecule has 0 fully saturated rings. The second kappa shape index (κ2) is 11.1. The molecule has 0 bridgehead atoms. The largest absolute Gasteiger partial charge is 0.490 e. The molecule has 0 spiro atoms. The van der Waals surface area contributed by atoms with Crippen molar-refractivity contribution in [1.29, 1.82) is 0 Å². The molecule has 0 unspecified atom stereocenters. The van der Waals surface area contributed by atoms with Crippen molar-refractivity contribution in [2.24, 2.45) is 0 Å². The molecule has 4 nitrogen and oxygen atoms in total. The first-order chi connectivity index (χ1) is 14.7. The summed E-state index contributed by atoms with van der Waals surface area (Å²) in [6.07, 6.45) is 10.1. The second-order valence-electron chi connectivity index (χ2n) is 7.07. The van der Waals surface area contributed by atoms with Crippen LogP contribution in [0.2, 0.25) is 0 Å². The molecule has 0 atom stereocenters. The number of nitrogens with zero attached hydrogens (tertiary/aromatic N) is 1. The zero-order chi connectivity index (χ0) is 21.2. The van der Waals surface area contributed by atoms with Crippen LogP contribution in [-0.2, 0) is 6.54 Å². The Bertz CT molecular complexity index is 1020. The lowest BCUT2D eigenvalue weighted by atomic mass is 10.1. The smallest absolute Gasteiger partial charge is 0.251 e. The number of amides is 1. The highest BCUT2D eigenvalue weighted by atomic mass is 19.1. The van der Waals surface area contributed by atoms with Crippen molar-refractivity contribution in [2.45, 2.75) is 39.2 Å². The van der Waals surface area contributed by atoms with Gasteiger partial charge in [-0.3, -0.25) is 9.78 Å². The number of aromatic nitrogens is 1. The molecule has 0 saturated carbocycles.